The Morgan fingerprint density at radius 2 is 1.70 bits per heavy atom. The highest BCUT2D eigenvalue weighted by Crippen LogP contribution is 2.33. The van der Waals surface area contributed by atoms with E-state index in [9.17, 15) is 35.8 Å². The first-order chi connectivity index (χ1) is 26.9. The smallest absolute Gasteiger partial charge is 0.371 e. The predicted molar refractivity (Wildman–Crippen MR) is 206 cm³/mol. The second-order valence-electron chi connectivity index (χ2n) is 13.5. The zero-order valence-electron chi connectivity index (χ0n) is 31.1. The molecule has 2 aliphatic rings. The largest absolute Gasteiger partial charge is 0.419 e. The van der Waals surface area contributed by atoms with E-state index in [0.717, 1.165) is 61.3 Å². The Morgan fingerprint density at radius 1 is 0.982 bits per heavy atom. The van der Waals surface area contributed by atoms with Crippen LogP contribution in [0.15, 0.2) is 59.8 Å². The average molecular weight is 804 g/mol. The van der Waals surface area contributed by atoms with Crippen molar-refractivity contribution in [3.63, 3.8) is 0 Å². The number of rotatable bonds is 14. The van der Waals surface area contributed by atoms with Gasteiger partial charge in [0.15, 0.2) is 5.82 Å². The number of aryl methyl sites for hydroxylation is 1. The molecule has 2 aromatic carbocycles. The number of alkyl halides is 5. The first kappa shape index (κ1) is 42.3. The van der Waals surface area contributed by atoms with Crippen molar-refractivity contribution >= 4 is 52.4 Å². The lowest BCUT2D eigenvalue weighted by Gasteiger charge is -2.31. The van der Waals surface area contributed by atoms with E-state index in [-0.39, 0.29) is 17.6 Å². The first-order valence-corrected chi connectivity index (χ1v) is 19.4. The second kappa shape index (κ2) is 19.9. The number of hydrogen-bond donors (Lipinski definition) is 3. The molecule has 1 unspecified atom stereocenters. The molecule has 0 aliphatic carbocycles. The molecule has 18 heteroatoms. The van der Waals surface area contributed by atoms with Crippen molar-refractivity contribution in [3.8, 4) is 0 Å². The zero-order valence-corrected chi connectivity index (χ0v) is 32.0. The van der Waals surface area contributed by atoms with Crippen molar-refractivity contribution in [3.05, 3.63) is 77.1 Å². The third kappa shape index (κ3) is 11.2. The van der Waals surface area contributed by atoms with Crippen molar-refractivity contribution in [2.45, 2.75) is 61.6 Å². The van der Waals surface area contributed by atoms with Crippen LogP contribution in [-0.4, -0.2) is 98.2 Å². The fourth-order valence-electron chi connectivity index (χ4n) is 6.74. The molecule has 0 bridgehead atoms. The van der Waals surface area contributed by atoms with Gasteiger partial charge >= 0.3 is 6.18 Å². The number of piperidine rings is 2. The summed E-state index contributed by atoms with van der Waals surface area (Å²) in [6.45, 7) is 3.74. The highest BCUT2D eigenvalue weighted by molar-refractivity contribution is 7.82. The van der Waals surface area contributed by atoms with Crippen LogP contribution in [0.5, 0.6) is 0 Å². The third-order valence-corrected chi connectivity index (χ3v) is 11.3. The van der Waals surface area contributed by atoms with E-state index in [1.807, 2.05) is 24.9 Å². The van der Waals surface area contributed by atoms with Gasteiger partial charge in [0.1, 0.15) is 17.3 Å². The molecule has 12 nitrogen and oxygen atoms in total. The normalized spacial score (nSPS) is 16.8. The summed E-state index contributed by atoms with van der Waals surface area (Å²) in [6.07, 6.45) is 2.74. The molecule has 56 heavy (non-hydrogen) atoms. The summed E-state index contributed by atoms with van der Waals surface area (Å²) < 4.78 is 83.4. The Kier molecular flexibility index (Phi) is 15.0. The van der Waals surface area contributed by atoms with Crippen LogP contribution >= 0.6 is 0 Å². The number of aldehydes is 1. The maximum Gasteiger partial charge on any atom is 0.419 e. The zero-order chi connectivity index (χ0) is 40.2. The fraction of sp³-hybridized carbons (Fsp3) is 0.447. The van der Waals surface area contributed by atoms with Crippen LogP contribution in [0, 0.1) is 0 Å². The minimum absolute atomic E-state index is 0.0991. The maximum absolute atomic E-state index is 13.9. The van der Waals surface area contributed by atoms with E-state index in [0.29, 0.717) is 68.2 Å². The molecule has 1 atom stereocenters. The summed E-state index contributed by atoms with van der Waals surface area (Å²) in [5, 5.41) is 14.2. The van der Waals surface area contributed by atoms with Gasteiger partial charge in [-0.3, -0.25) is 14.4 Å². The van der Waals surface area contributed by atoms with E-state index in [4.69, 9.17) is 0 Å². The summed E-state index contributed by atoms with van der Waals surface area (Å²) in [5.74, 6) is 1.40. The van der Waals surface area contributed by atoms with Gasteiger partial charge < -0.3 is 20.7 Å². The van der Waals surface area contributed by atoms with Crippen molar-refractivity contribution in [1.82, 2.24) is 34.3 Å². The van der Waals surface area contributed by atoms with Crippen LogP contribution in [0.25, 0.3) is 17.0 Å². The van der Waals surface area contributed by atoms with Gasteiger partial charge in [0.05, 0.1) is 16.0 Å². The minimum Gasteiger partial charge on any atom is -0.371 e. The lowest BCUT2D eigenvalue weighted by molar-refractivity contribution is -0.138. The van der Waals surface area contributed by atoms with Crippen LogP contribution in [0.3, 0.4) is 0 Å². The van der Waals surface area contributed by atoms with Crippen LogP contribution in [0.2, 0.25) is 0 Å². The third-order valence-electron chi connectivity index (χ3n) is 9.82. The Balaban J connectivity index is 0.000000784. The van der Waals surface area contributed by atoms with Crippen LogP contribution in [-0.2, 0) is 33.8 Å². The highest BCUT2D eigenvalue weighted by atomic mass is 32.2. The molecule has 3 N–H and O–H groups in total. The topological polar surface area (TPSA) is 137 Å². The summed E-state index contributed by atoms with van der Waals surface area (Å²) >= 11 is 0. The Bertz CT molecular complexity index is 1950. The van der Waals surface area contributed by atoms with Gasteiger partial charge in [-0.15, -0.1) is 0 Å². The van der Waals surface area contributed by atoms with Crippen molar-refractivity contribution in [1.29, 1.82) is 0 Å². The highest BCUT2D eigenvalue weighted by Gasteiger charge is 2.32. The molecule has 4 aromatic rings. The van der Waals surface area contributed by atoms with Gasteiger partial charge in [0, 0.05) is 76.1 Å². The number of nitrogens with one attached hydrogen (secondary N) is 3. The molecule has 2 aliphatic heterocycles. The van der Waals surface area contributed by atoms with E-state index in [1.165, 1.54) is 17.7 Å². The molecule has 0 saturated carbocycles. The lowest BCUT2D eigenvalue weighted by Crippen LogP contribution is -2.40. The van der Waals surface area contributed by atoms with E-state index in [2.05, 4.69) is 54.1 Å². The Labute approximate surface area is 324 Å². The van der Waals surface area contributed by atoms with Gasteiger partial charge in [-0.05, 0) is 80.1 Å². The number of amides is 1. The number of carbonyl (C=O) groups excluding carboxylic acids is 2. The van der Waals surface area contributed by atoms with Gasteiger partial charge in [0.25, 0.3) is 6.43 Å². The number of fused-ring (bicyclic) bond motifs is 1. The summed E-state index contributed by atoms with van der Waals surface area (Å²) in [7, 11) is 2.25. The molecule has 6 rings (SSSR count). The number of benzene rings is 2. The monoisotopic (exact) mass is 803 g/mol. The number of nitrogens with zero attached hydrogens (tertiary/aromatic N) is 6. The Morgan fingerprint density at radius 3 is 2.32 bits per heavy atom. The molecule has 0 radical (unpaired) electrons. The molecule has 2 saturated heterocycles. The molecule has 2 aromatic heterocycles. The SMILES string of the molecule is CNc1nn(C)c2cc(C3CCN(C/C=C/c4cc(S(=O)N5CCC(Nc6ncc(C(F)(F)F)cn6)CC5)ccc4C(F)F)CC3)ccc12.O=CCCNC=O. The molecule has 0 spiro atoms. The predicted octanol–water partition coefficient (Wildman–Crippen LogP) is 6.17. The standard InChI is InChI=1S/C34H39F5N8OS.C4H7NO2/c1-40-32-29-7-5-23(19-30(29)45(2)44-32)22-9-14-46(15-10-22)13-3-4-24-18-27(6-8-28(24)31(35)36)49(48)47-16-11-26(12-17-47)43-33-41-20-25(21-42-33)34(37,38)39;6-3-1-2-5-4-7/h3-8,18-22,26,31H,9-17H2,1-2H3,(H,40,44)(H,41,42,43);3-4H,1-2H2,(H,5,7)/b4-3+;. The quantitative estimate of drug-likeness (QED) is 0.0777. The molecule has 2 fully saturated rings. The number of carbonyl (C=O) groups is 2. The maximum atomic E-state index is 13.9. The second-order valence-corrected chi connectivity index (χ2v) is 15.0. The average Bonchev–Trinajstić information content (AvgIpc) is 3.52. The van der Waals surface area contributed by atoms with Crippen LogP contribution in [0.4, 0.5) is 33.7 Å². The van der Waals surface area contributed by atoms with Crippen LogP contribution < -0.4 is 16.0 Å². The van der Waals surface area contributed by atoms with Crippen LogP contribution in [0.1, 0.15) is 66.7 Å². The summed E-state index contributed by atoms with van der Waals surface area (Å²) in [4.78, 5) is 29.3. The molecule has 4 heterocycles. The number of anilines is 2. The number of aromatic nitrogens is 4. The Hall–Kier alpha value is -4.81. The van der Waals surface area contributed by atoms with Gasteiger partial charge in [-0.25, -0.2) is 27.3 Å². The van der Waals surface area contributed by atoms with Gasteiger partial charge in [0.2, 0.25) is 12.4 Å². The first-order valence-electron chi connectivity index (χ1n) is 18.3. The summed E-state index contributed by atoms with van der Waals surface area (Å²) in [5.41, 5.74) is 1.71. The van der Waals surface area contributed by atoms with Crippen molar-refractivity contribution in [2.75, 3.05) is 56.9 Å². The van der Waals surface area contributed by atoms with E-state index < -0.39 is 29.2 Å². The molecule has 1 amide bonds. The van der Waals surface area contributed by atoms with E-state index >= 15 is 0 Å². The molecular weight excluding hydrogens is 758 g/mol. The van der Waals surface area contributed by atoms with Gasteiger partial charge in [-0.2, -0.15) is 18.3 Å². The number of likely N-dealkylation sites (tertiary alicyclic amines) is 1. The lowest BCUT2D eigenvalue weighted by atomic mass is 9.89. The molecule has 302 valence electrons. The molecular formula is C38H46F5N9O3S. The number of halogens is 5. The van der Waals surface area contributed by atoms with Crippen molar-refractivity contribution in [2.24, 2.45) is 7.05 Å². The number of hydrogen-bond acceptors (Lipinski definition) is 9. The van der Waals surface area contributed by atoms with E-state index in [1.54, 1.807) is 16.4 Å². The van der Waals surface area contributed by atoms with Crippen molar-refractivity contribution < 1.29 is 35.8 Å². The van der Waals surface area contributed by atoms with Gasteiger partial charge in [-0.1, -0.05) is 24.3 Å². The minimum atomic E-state index is -4.51. The summed E-state index contributed by atoms with van der Waals surface area (Å²) in [6, 6.07) is 10.8. The fourth-order valence-corrected chi connectivity index (χ4v) is 8.00.